The molecule has 0 atom stereocenters. The molecule has 6 heteroatoms. The Hall–Kier alpha value is -1.72. The highest BCUT2D eigenvalue weighted by Crippen LogP contribution is 2.19. The SMILES string of the molecule is CCCCCCCCn1c(CCCCCCC(=O)O)c(O)n(C)c1=O. The lowest BCUT2D eigenvalue weighted by atomic mass is 10.1. The third-order valence-electron chi connectivity index (χ3n) is 4.71. The molecule has 1 heterocycles. The number of carbonyl (C=O) groups is 1. The van der Waals surface area contributed by atoms with Crippen LogP contribution in [0, 0.1) is 0 Å². The molecule has 0 bridgehead atoms. The van der Waals surface area contributed by atoms with Crippen molar-refractivity contribution in [2.75, 3.05) is 0 Å². The summed E-state index contributed by atoms with van der Waals surface area (Å²) < 4.78 is 3.03. The van der Waals surface area contributed by atoms with E-state index in [0.717, 1.165) is 37.8 Å². The topological polar surface area (TPSA) is 84.5 Å². The van der Waals surface area contributed by atoms with Crippen LogP contribution < -0.4 is 5.69 Å². The van der Waals surface area contributed by atoms with Gasteiger partial charge in [-0.05, 0) is 25.7 Å². The van der Waals surface area contributed by atoms with Gasteiger partial charge in [0.05, 0.1) is 5.69 Å². The number of hydrogen-bond acceptors (Lipinski definition) is 3. The monoisotopic (exact) mass is 354 g/mol. The van der Waals surface area contributed by atoms with Crippen molar-refractivity contribution in [3.63, 3.8) is 0 Å². The van der Waals surface area contributed by atoms with Crippen molar-refractivity contribution in [3.05, 3.63) is 16.2 Å². The van der Waals surface area contributed by atoms with Crippen molar-refractivity contribution in [3.8, 4) is 5.88 Å². The van der Waals surface area contributed by atoms with Gasteiger partial charge >= 0.3 is 11.7 Å². The van der Waals surface area contributed by atoms with E-state index in [4.69, 9.17) is 5.11 Å². The fraction of sp³-hybridized carbons (Fsp3) is 0.789. The van der Waals surface area contributed by atoms with E-state index in [9.17, 15) is 14.7 Å². The normalized spacial score (nSPS) is 11.1. The number of unbranched alkanes of at least 4 members (excludes halogenated alkanes) is 8. The summed E-state index contributed by atoms with van der Waals surface area (Å²) >= 11 is 0. The first kappa shape index (κ1) is 21.3. The fourth-order valence-corrected chi connectivity index (χ4v) is 3.15. The molecule has 0 aliphatic carbocycles. The Morgan fingerprint density at radius 1 is 0.960 bits per heavy atom. The number of carboxylic acid groups (broad SMARTS) is 1. The first-order valence-corrected chi connectivity index (χ1v) is 9.68. The molecule has 1 aromatic heterocycles. The van der Waals surface area contributed by atoms with Crippen LogP contribution in [0.1, 0.15) is 83.2 Å². The van der Waals surface area contributed by atoms with E-state index in [2.05, 4.69) is 6.92 Å². The first-order valence-electron chi connectivity index (χ1n) is 9.68. The van der Waals surface area contributed by atoms with E-state index >= 15 is 0 Å². The van der Waals surface area contributed by atoms with Gasteiger partial charge in [-0.1, -0.05) is 51.9 Å². The lowest BCUT2D eigenvalue weighted by Crippen LogP contribution is -2.23. The molecule has 0 unspecified atom stereocenters. The van der Waals surface area contributed by atoms with Gasteiger partial charge < -0.3 is 10.2 Å². The van der Waals surface area contributed by atoms with Gasteiger partial charge in [-0.3, -0.25) is 13.9 Å². The molecule has 0 aromatic carbocycles. The predicted octanol–water partition coefficient (Wildman–Crippen LogP) is 3.83. The maximum Gasteiger partial charge on any atom is 0.330 e. The van der Waals surface area contributed by atoms with Crippen LogP contribution in [0.3, 0.4) is 0 Å². The minimum atomic E-state index is -0.756. The molecule has 0 amide bonds. The number of hydrogen-bond donors (Lipinski definition) is 2. The molecule has 2 N–H and O–H groups in total. The molecule has 0 aliphatic heterocycles. The van der Waals surface area contributed by atoms with Crippen molar-refractivity contribution in [2.24, 2.45) is 7.05 Å². The lowest BCUT2D eigenvalue weighted by molar-refractivity contribution is -0.137. The van der Waals surface area contributed by atoms with Crippen LogP contribution >= 0.6 is 0 Å². The summed E-state index contributed by atoms with van der Waals surface area (Å²) in [5, 5.41) is 18.8. The van der Waals surface area contributed by atoms with Gasteiger partial charge in [0.15, 0.2) is 0 Å². The molecule has 0 radical (unpaired) electrons. The Morgan fingerprint density at radius 3 is 2.24 bits per heavy atom. The van der Waals surface area contributed by atoms with Gasteiger partial charge in [0.25, 0.3) is 0 Å². The summed E-state index contributed by atoms with van der Waals surface area (Å²) in [5.74, 6) is -0.685. The van der Waals surface area contributed by atoms with Gasteiger partial charge in [-0.15, -0.1) is 0 Å². The molecule has 1 aromatic rings. The summed E-state index contributed by atoms with van der Waals surface area (Å²) in [5.41, 5.74) is 0.575. The Balaban J connectivity index is 2.47. The smallest absolute Gasteiger partial charge is 0.330 e. The van der Waals surface area contributed by atoms with Crippen molar-refractivity contribution in [1.82, 2.24) is 9.13 Å². The number of rotatable bonds is 14. The van der Waals surface area contributed by atoms with Gasteiger partial charge in [0, 0.05) is 20.0 Å². The number of carboxylic acids is 1. The van der Waals surface area contributed by atoms with Crippen molar-refractivity contribution in [2.45, 2.75) is 90.5 Å². The van der Waals surface area contributed by atoms with Crippen LogP contribution in [0.2, 0.25) is 0 Å². The standard InChI is InChI=1S/C19H34N2O4/c1-3-4-5-6-9-12-15-21-16(18(24)20(2)19(21)25)13-10-7-8-11-14-17(22)23/h24H,3-15H2,1-2H3,(H,22,23). The fourth-order valence-electron chi connectivity index (χ4n) is 3.15. The van der Waals surface area contributed by atoms with E-state index in [1.54, 1.807) is 11.6 Å². The van der Waals surface area contributed by atoms with Gasteiger partial charge in [0.1, 0.15) is 0 Å². The molecular weight excluding hydrogens is 320 g/mol. The van der Waals surface area contributed by atoms with Crippen LogP contribution in [0.25, 0.3) is 0 Å². The Bertz CT molecular complexity index is 575. The number of aromatic nitrogens is 2. The second kappa shape index (κ2) is 11.8. The number of nitrogens with zero attached hydrogens (tertiary/aromatic N) is 2. The second-order valence-corrected chi connectivity index (χ2v) is 6.84. The summed E-state index contributed by atoms with van der Waals surface area (Å²) in [7, 11) is 1.60. The molecule has 144 valence electrons. The highest BCUT2D eigenvalue weighted by Gasteiger charge is 2.16. The maximum absolute atomic E-state index is 12.3. The number of aliphatic carboxylic acids is 1. The zero-order valence-electron chi connectivity index (χ0n) is 15.8. The average molecular weight is 354 g/mol. The molecule has 6 nitrogen and oxygen atoms in total. The predicted molar refractivity (Wildman–Crippen MR) is 99.1 cm³/mol. The van der Waals surface area contributed by atoms with Crippen LogP contribution in [-0.2, 0) is 24.8 Å². The summed E-state index contributed by atoms with van der Waals surface area (Å²) in [6.07, 6.45) is 11.2. The number of imidazole rings is 1. The summed E-state index contributed by atoms with van der Waals surface area (Å²) in [4.78, 5) is 22.8. The average Bonchev–Trinajstić information content (AvgIpc) is 2.78. The van der Waals surface area contributed by atoms with Gasteiger partial charge in [-0.25, -0.2) is 4.79 Å². The van der Waals surface area contributed by atoms with Crippen LogP contribution in [0.15, 0.2) is 4.79 Å². The van der Waals surface area contributed by atoms with Crippen LogP contribution in [-0.4, -0.2) is 25.3 Å². The van der Waals surface area contributed by atoms with Crippen molar-refractivity contribution < 1.29 is 15.0 Å². The molecular formula is C19H34N2O4. The molecule has 0 saturated carbocycles. The second-order valence-electron chi connectivity index (χ2n) is 6.84. The van der Waals surface area contributed by atoms with Crippen LogP contribution in [0.4, 0.5) is 0 Å². The number of aromatic hydroxyl groups is 1. The van der Waals surface area contributed by atoms with E-state index in [0.29, 0.717) is 19.4 Å². The van der Waals surface area contributed by atoms with Crippen molar-refractivity contribution >= 4 is 5.97 Å². The largest absolute Gasteiger partial charge is 0.493 e. The van der Waals surface area contributed by atoms with Gasteiger partial charge in [0.2, 0.25) is 5.88 Å². The van der Waals surface area contributed by atoms with Gasteiger partial charge in [-0.2, -0.15) is 0 Å². The molecule has 0 aliphatic rings. The summed E-state index contributed by atoms with van der Waals surface area (Å²) in [6, 6.07) is 0. The zero-order chi connectivity index (χ0) is 18.7. The summed E-state index contributed by atoms with van der Waals surface area (Å²) in [6.45, 7) is 2.86. The molecule has 0 fully saturated rings. The zero-order valence-corrected chi connectivity index (χ0v) is 15.8. The third kappa shape index (κ3) is 7.36. The quantitative estimate of drug-likeness (QED) is 0.497. The molecule has 1 rings (SSSR count). The van der Waals surface area contributed by atoms with Crippen molar-refractivity contribution in [1.29, 1.82) is 0 Å². The van der Waals surface area contributed by atoms with E-state index in [1.165, 1.54) is 30.3 Å². The van der Waals surface area contributed by atoms with E-state index in [1.807, 2.05) is 0 Å². The highest BCUT2D eigenvalue weighted by molar-refractivity contribution is 5.66. The molecule has 0 saturated heterocycles. The van der Waals surface area contributed by atoms with Crippen LogP contribution in [0.5, 0.6) is 5.88 Å². The minimum Gasteiger partial charge on any atom is -0.493 e. The Kier molecular flexibility index (Phi) is 10.0. The van der Waals surface area contributed by atoms with E-state index in [-0.39, 0.29) is 18.0 Å². The maximum atomic E-state index is 12.3. The first-order chi connectivity index (χ1) is 12.0. The Labute approximate surface area is 150 Å². The third-order valence-corrected chi connectivity index (χ3v) is 4.71. The highest BCUT2D eigenvalue weighted by atomic mass is 16.4. The Morgan fingerprint density at radius 2 is 1.56 bits per heavy atom. The molecule has 25 heavy (non-hydrogen) atoms. The molecule has 0 spiro atoms. The van der Waals surface area contributed by atoms with E-state index < -0.39 is 5.97 Å². The minimum absolute atomic E-state index is 0.0709. The lowest BCUT2D eigenvalue weighted by Gasteiger charge is -2.08.